The van der Waals surface area contributed by atoms with Crippen molar-refractivity contribution in [3.05, 3.63) is 0 Å². The molecule has 0 N–H and O–H groups in total. The van der Waals surface area contributed by atoms with Gasteiger partial charge in [0.15, 0.2) is 0 Å². The van der Waals surface area contributed by atoms with Crippen LogP contribution in [0.4, 0.5) is 0 Å². The molecular formula is CH5BCl2Si. The summed E-state index contributed by atoms with van der Waals surface area (Å²) in [4.78, 5) is 0. The first kappa shape index (κ1) is 5.86. The van der Waals surface area contributed by atoms with Gasteiger partial charge in [0.25, 0.3) is 0 Å². The zero-order chi connectivity index (χ0) is 4.28. The molecule has 4 heteroatoms. The van der Waals surface area contributed by atoms with Gasteiger partial charge in [-0.1, -0.05) is 5.94 Å². The number of halogens is 2. The lowest BCUT2D eigenvalue weighted by atomic mass is 10.2. The van der Waals surface area contributed by atoms with Crippen LogP contribution >= 0.6 is 22.9 Å². The van der Waals surface area contributed by atoms with Gasteiger partial charge in [-0.15, -0.1) is 0 Å². The molecule has 0 amide bonds. The average Bonchev–Trinajstić information content (AvgIpc) is 1.38. The van der Waals surface area contributed by atoms with E-state index < -0.39 is 0 Å². The quantitative estimate of drug-likeness (QED) is 0.443. The van der Waals surface area contributed by atoms with Crippen LogP contribution in [-0.2, 0) is 0 Å². The molecule has 0 saturated carbocycles. The highest BCUT2D eigenvalue weighted by molar-refractivity contribution is 7.35. The van der Waals surface area contributed by atoms with Crippen molar-refractivity contribution in [3.8, 4) is 0 Å². The Morgan fingerprint density at radius 1 is 1.60 bits per heavy atom. The lowest BCUT2D eigenvalue weighted by Crippen LogP contribution is -1.87. The summed E-state index contributed by atoms with van der Waals surface area (Å²) in [5.74, 6) is 0.975. The van der Waals surface area contributed by atoms with Crippen molar-refractivity contribution in [2.24, 2.45) is 0 Å². The Bertz CT molecular complexity index is 23.6. The fourth-order valence-corrected chi connectivity index (χ4v) is 0. The molecule has 0 aliphatic rings. The third-order valence-electron chi connectivity index (χ3n) is 0.309. The highest BCUT2D eigenvalue weighted by Gasteiger charge is 1.96. The Morgan fingerprint density at radius 3 is 1.80 bits per heavy atom. The van der Waals surface area contributed by atoms with Gasteiger partial charge in [-0.25, -0.2) is 0 Å². The fraction of sp³-hybridized carbons (Fsp3) is 1.00. The molecule has 0 nitrogen and oxygen atoms in total. The van der Waals surface area contributed by atoms with Gasteiger partial charge in [-0.05, 0) is 10.2 Å². The van der Waals surface area contributed by atoms with Gasteiger partial charge >= 0.3 is 5.54 Å². The standard InChI is InChI=1S/CH5BCl2Si/c3-2(4)1-5/h1H2,5H3. The Labute approximate surface area is 45.2 Å². The van der Waals surface area contributed by atoms with E-state index >= 15 is 0 Å². The maximum Gasteiger partial charge on any atom is 0.348 e. The largest absolute Gasteiger partial charge is 0.348 e. The smallest absolute Gasteiger partial charge is 0.172 e. The first-order chi connectivity index (χ1) is 2.27. The lowest BCUT2D eigenvalue weighted by molar-refractivity contribution is 2.10. The molecule has 0 aromatic heterocycles. The molecule has 0 aliphatic heterocycles. The molecule has 0 rings (SSSR count). The van der Waals surface area contributed by atoms with Gasteiger partial charge < -0.3 is 0 Å². The minimum atomic E-state index is -0.110. The van der Waals surface area contributed by atoms with E-state index in [1.165, 1.54) is 0 Å². The molecule has 0 saturated heterocycles. The first-order valence-electron chi connectivity index (χ1n) is 1.55. The molecule has 0 fully saturated rings. The number of hydrogen-bond acceptors (Lipinski definition) is 0. The molecule has 0 aromatic carbocycles. The second-order valence-electron chi connectivity index (χ2n) is 0.799. The van der Waals surface area contributed by atoms with Crippen LogP contribution in [0.2, 0.25) is 5.94 Å². The average molecular weight is 127 g/mol. The minimum absolute atomic E-state index is 0.110. The molecule has 0 heterocycles. The summed E-state index contributed by atoms with van der Waals surface area (Å²) in [6.45, 7) is 0. The van der Waals surface area contributed by atoms with E-state index in [1.54, 1.807) is 0 Å². The molecule has 0 atom stereocenters. The monoisotopic (exact) mass is 126 g/mol. The van der Waals surface area contributed by atoms with Crippen molar-refractivity contribution in [1.29, 1.82) is 0 Å². The van der Waals surface area contributed by atoms with Crippen LogP contribution in [0.15, 0.2) is 0 Å². The van der Waals surface area contributed by atoms with Crippen LogP contribution in [0, 0.1) is 0 Å². The third kappa shape index (κ3) is 4.86. The Morgan fingerprint density at radius 2 is 1.80 bits per heavy atom. The number of rotatable bonds is 1. The van der Waals surface area contributed by atoms with Gasteiger partial charge in [0, 0.05) is 0 Å². The predicted molar refractivity (Wildman–Crippen MR) is 32.2 cm³/mol. The van der Waals surface area contributed by atoms with Gasteiger partial charge in [-0.3, -0.25) is 0 Å². The van der Waals surface area contributed by atoms with Crippen LogP contribution in [0.3, 0.4) is 0 Å². The minimum Gasteiger partial charge on any atom is -0.172 e. The molecule has 0 spiro atoms. The molecule has 0 unspecified atom stereocenters. The maximum atomic E-state index is 5.26. The summed E-state index contributed by atoms with van der Waals surface area (Å²) < 4.78 is 0. The zero-order valence-electron chi connectivity index (χ0n) is 3.04. The highest BCUT2D eigenvalue weighted by atomic mass is 35.5. The molecule has 0 aromatic rings. The van der Waals surface area contributed by atoms with E-state index in [2.05, 4.69) is 0 Å². The van der Waals surface area contributed by atoms with Crippen molar-refractivity contribution < 1.29 is 0 Å². The topological polar surface area (TPSA) is 0 Å². The summed E-state index contributed by atoms with van der Waals surface area (Å²) in [6, 6.07) is 0. The zero-order valence-corrected chi connectivity index (χ0v) is 6.55. The predicted octanol–water partition coefficient (Wildman–Crippen LogP) is 0.275. The van der Waals surface area contributed by atoms with Crippen LogP contribution in [0.1, 0.15) is 0 Å². The lowest BCUT2D eigenvalue weighted by Gasteiger charge is -1.77. The summed E-state index contributed by atoms with van der Waals surface area (Å²) in [5.41, 5.74) is -0.110. The summed E-state index contributed by atoms with van der Waals surface area (Å²) in [6.07, 6.45) is 0. The summed E-state index contributed by atoms with van der Waals surface area (Å²) in [7, 11) is 1.11. The van der Waals surface area contributed by atoms with Crippen molar-refractivity contribution in [1.82, 2.24) is 0 Å². The van der Waals surface area contributed by atoms with Crippen LogP contribution in [0.5, 0.6) is 0 Å². The Kier molecular flexibility index (Phi) is 3.60. The molecule has 0 radical (unpaired) electrons. The van der Waals surface area contributed by atoms with E-state index in [-0.39, 0.29) is 5.54 Å². The van der Waals surface area contributed by atoms with Gasteiger partial charge in [0.1, 0.15) is 0 Å². The molecule has 30 valence electrons. The Balaban J connectivity index is 2.54. The second-order valence-corrected chi connectivity index (χ2v) is 2.89. The van der Waals surface area contributed by atoms with E-state index in [0.717, 1.165) is 16.2 Å². The Hall–Kier alpha value is 0.862. The van der Waals surface area contributed by atoms with Crippen molar-refractivity contribution in [2.45, 2.75) is 5.94 Å². The maximum absolute atomic E-state index is 5.26. The van der Waals surface area contributed by atoms with E-state index in [4.69, 9.17) is 22.9 Å². The fourth-order valence-electron chi connectivity index (χ4n) is 0. The molecule has 0 aliphatic carbocycles. The third-order valence-corrected chi connectivity index (χ3v) is 2.78. The van der Waals surface area contributed by atoms with E-state index in [9.17, 15) is 0 Å². The van der Waals surface area contributed by atoms with E-state index in [1.807, 2.05) is 0 Å². The molecule has 5 heavy (non-hydrogen) atoms. The molecular weight excluding hydrogens is 122 g/mol. The SMILES string of the molecule is [SiH3]CB(Cl)Cl. The normalized spacial score (nSPS) is 8.40. The van der Waals surface area contributed by atoms with Crippen LogP contribution < -0.4 is 0 Å². The second kappa shape index (κ2) is 3.07. The van der Waals surface area contributed by atoms with Gasteiger partial charge in [0.05, 0.1) is 0 Å². The van der Waals surface area contributed by atoms with Crippen LogP contribution in [0.25, 0.3) is 0 Å². The van der Waals surface area contributed by atoms with Gasteiger partial charge in [0.2, 0.25) is 0 Å². The van der Waals surface area contributed by atoms with Crippen molar-refractivity contribution in [2.75, 3.05) is 0 Å². The number of hydrogen-bond donors (Lipinski definition) is 0. The highest BCUT2D eigenvalue weighted by Crippen LogP contribution is 1.96. The summed E-state index contributed by atoms with van der Waals surface area (Å²) in [5, 5.41) is 0. The van der Waals surface area contributed by atoms with Crippen molar-refractivity contribution in [3.63, 3.8) is 0 Å². The summed E-state index contributed by atoms with van der Waals surface area (Å²) >= 11 is 10.5. The van der Waals surface area contributed by atoms with Crippen molar-refractivity contribution >= 4 is 38.7 Å². The van der Waals surface area contributed by atoms with Gasteiger partial charge in [-0.2, -0.15) is 22.9 Å². The molecule has 0 bridgehead atoms. The first-order valence-corrected chi connectivity index (χ1v) is 3.84. The van der Waals surface area contributed by atoms with E-state index in [0.29, 0.717) is 0 Å². The van der Waals surface area contributed by atoms with Crippen LogP contribution in [-0.4, -0.2) is 15.8 Å².